The normalized spacial score (nSPS) is 16.8. The van der Waals surface area contributed by atoms with Crippen LogP contribution in [0.2, 0.25) is 0 Å². The Bertz CT molecular complexity index is 799. The summed E-state index contributed by atoms with van der Waals surface area (Å²) >= 11 is 1.43. The van der Waals surface area contributed by atoms with Crippen LogP contribution in [-0.4, -0.2) is 24.2 Å². The van der Waals surface area contributed by atoms with Crippen molar-refractivity contribution in [1.82, 2.24) is 5.32 Å². The number of benzene rings is 2. The first-order valence-electron chi connectivity index (χ1n) is 7.93. The summed E-state index contributed by atoms with van der Waals surface area (Å²) in [6.07, 6.45) is 0. The molecule has 1 unspecified atom stereocenters. The van der Waals surface area contributed by atoms with Crippen molar-refractivity contribution in [2.24, 2.45) is 0 Å². The number of nitrogens with one attached hydrogen (secondary N) is 2. The van der Waals surface area contributed by atoms with Gasteiger partial charge in [0.05, 0.1) is 11.4 Å². The molecule has 1 heterocycles. The molecule has 1 aliphatic rings. The van der Waals surface area contributed by atoms with E-state index in [4.69, 9.17) is 0 Å². The van der Waals surface area contributed by atoms with E-state index in [0.29, 0.717) is 12.2 Å². The van der Waals surface area contributed by atoms with Gasteiger partial charge in [-0.15, -0.1) is 11.8 Å². The number of nitrogens with zero attached hydrogens (tertiary/aromatic N) is 1. The maximum absolute atomic E-state index is 14.2. The lowest BCUT2D eigenvalue weighted by Crippen LogP contribution is -2.29. The van der Waals surface area contributed by atoms with Gasteiger partial charge in [0.1, 0.15) is 11.2 Å². The number of hydrogen-bond donors (Lipinski definition) is 2. The third-order valence-electron chi connectivity index (χ3n) is 3.75. The van der Waals surface area contributed by atoms with Crippen molar-refractivity contribution in [3.63, 3.8) is 0 Å². The number of carbonyl (C=O) groups is 2. The van der Waals surface area contributed by atoms with Crippen LogP contribution in [0.3, 0.4) is 0 Å². The Morgan fingerprint density at radius 1 is 1.28 bits per heavy atom. The fourth-order valence-electron chi connectivity index (χ4n) is 2.68. The molecule has 25 heavy (non-hydrogen) atoms. The second-order valence-electron chi connectivity index (χ2n) is 5.49. The molecule has 3 rings (SSSR count). The molecular weight excluding hydrogens is 341 g/mol. The smallest absolute Gasteiger partial charge is 0.319 e. The van der Waals surface area contributed by atoms with E-state index in [9.17, 15) is 14.0 Å². The minimum Gasteiger partial charge on any atom is -0.338 e. The fraction of sp³-hybridized carbons (Fsp3) is 0.222. The van der Waals surface area contributed by atoms with E-state index >= 15 is 0 Å². The molecule has 1 saturated heterocycles. The molecule has 2 aromatic carbocycles. The Hall–Kier alpha value is -2.54. The van der Waals surface area contributed by atoms with Crippen molar-refractivity contribution in [3.05, 3.63) is 59.9 Å². The molecule has 0 bridgehead atoms. The van der Waals surface area contributed by atoms with Crippen molar-refractivity contribution in [2.45, 2.75) is 12.3 Å². The second-order valence-corrected chi connectivity index (χ2v) is 6.56. The number of carbonyl (C=O) groups excluding carboxylic acids is 2. The summed E-state index contributed by atoms with van der Waals surface area (Å²) in [4.78, 5) is 25.5. The number of amides is 3. The highest BCUT2D eigenvalue weighted by molar-refractivity contribution is 8.00. The van der Waals surface area contributed by atoms with Gasteiger partial charge < -0.3 is 10.6 Å². The zero-order valence-electron chi connectivity index (χ0n) is 13.7. The highest BCUT2D eigenvalue weighted by Gasteiger charge is 2.35. The highest BCUT2D eigenvalue weighted by atomic mass is 32.2. The van der Waals surface area contributed by atoms with E-state index in [0.717, 1.165) is 5.56 Å². The zero-order chi connectivity index (χ0) is 17.8. The molecular formula is C18H18FN3O2S. The van der Waals surface area contributed by atoms with Crippen LogP contribution in [0, 0.1) is 5.82 Å². The van der Waals surface area contributed by atoms with Gasteiger partial charge in [-0.2, -0.15) is 0 Å². The predicted molar refractivity (Wildman–Crippen MR) is 98.2 cm³/mol. The summed E-state index contributed by atoms with van der Waals surface area (Å²) in [6, 6.07) is 13.2. The summed E-state index contributed by atoms with van der Waals surface area (Å²) in [5.74, 6) is -0.283. The first kappa shape index (κ1) is 17.3. The van der Waals surface area contributed by atoms with Crippen molar-refractivity contribution < 1.29 is 14.0 Å². The first-order valence-corrected chi connectivity index (χ1v) is 8.98. The highest BCUT2D eigenvalue weighted by Crippen LogP contribution is 2.42. The number of hydrogen-bond acceptors (Lipinski definition) is 3. The minimum atomic E-state index is -0.431. The molecule has 0 aliphatic carbocycles. The SMILES string of the molecule is CCNC(=O)Nc1cccc(C2SCC(=O)N2c2ccccc2F)c1. The van der Waals surface area contributed by atoms with Gasteiger partial charge in [0.15, 0.2) is 0 Å². The molecule has 1 aliphatic heterocycles. The summed E-state index contributed by atoms with van der Waals surface area (Å²) in [7, 11) is 0. The molecule has 0 aromatic heterocycles. The van der Waals surface area contributed by atoms with Crippen LogP contribution in [0.5, 0.6) is 0 Å². The van der Waals surface area contributed by atoms with Gasteiger partial charge in [0.25, 0.3) is 0 Å². The van der Waals surface area contributed by atoms with E-state index < -0.39 is 5.82 Å². The lowest BCUT2D eigenvalue weighted by molar-refractivity contribution is -0.115. The molecule has 2 aromatic rings. The van der Waals surface area contributed by atoms with Crippen LogP contribution in [-0.2, 0) is 4.79 Å². The number of para-hydroxylation sites is 1. The van der Waals surface area contributed by atoms with Gasteiger partial charge in [0.2, 0.25) is 5.91 Å². The molecule has 5 nitrogen and oxygen atoms in total. The number of halogens is 1. The minimum absolute atomic E-state index is 0.137. The van der Waals surface area contributed by atoms with Crippen LogP contribution in [0.4, 0.5) is 20.6 Å². The standard InChI is InChI=1S/C18H18FN3O2S/c1-2-20-18(24)21-13-7-5-6-12(10-13)17-22(16(23)11-25-17)15-9-4-3-8-14(15)19/h3-10,17H,2,11H2,1H3,(H2,20,21,24). The first-order chi connectivity index (χ1) is 12.1. The van der Waals surface area contributed by atoms with Crippen molar-refractivity contribution in [3.8, 4) is 0 Å². The largest absolute Gasteiger partial charge is 0.338 e. The van der Waals surface area contributed by atoms with Gasteiger partial charge in [0, 0.05) is 12.2 Å². The van der Waals surface area contributed by atoms with Gasteiger partial charge in [-0.3, -0.25) is 9.69 Å². The molecule has 0 spiro atoms. The second kappa shape index (κ2) is 7.57. The maximum atomic E-state index is 14.2. The van der Waals surface area contributed by atoms with Crippen molar-refractivity contribution in [1.29, 1.82) is 0 Å². The molecule has 130 valence electrons. The number of rotatable bonds is 4. The van der Waals surface area contributed by atoms with Gasteiger partial charge >= 0.3 is 6.03 Å². The number of anilines is 2. The summed E-state index contributed by atoms with van der Waals surface area (Å²) < 4.78 is 14.2. The molecule has 1 fully saturated rings. The van der Waals surface area contributed by atoms with Gasteiger partial charge in [-0.05, 0) is 36.8 Å². The van der Waals surface area contributed by atoms with E-state index in [1.807, 2.05) is 13.0 Å². The maximum Gasteiger partial charge on any atom is 0.319 e. The molecule has 7 heteroatoms. The van der Waals surface area contributed by atoms with Crippen LogP contribution in [0.1, 0.15) is 17.9 Å². The Morgan fingerprint density at radius 3 is 2.84 bits per heavy atom. The monoisotopic (exact) mass is 359 g/mol. The fourth-order valence-corrected chi connectivity index (χ4v) is 3.84. The molecule has 2 N–H and O–H groups in total. The Kier molecular flexibility index (Phi) is 5.23. The van der Waals surface area contributed by atoms with Gasteiger partial charge in [-0.1, -0.05) is 24.3 Å². The summed E-state index contributed by atoms with van der Waals surface area (Å²) in [5, 5.41) is 5.08. The third-order valence-corrected chi connectivity index (χ3v) is 4.96. The molecule has 1 atom stereocenters. The van der Waals surface area contributed by atoms with E-state index in [2.05, 4.69) is 10.6 Å². The van der Waals surface area contributed by atoms with Crippen molar-refractivity contribution in [2.75, 3.05) is 22.5 Å². The van der Waals surface area contributed by atoms with Crippen LogP contribution < -0.4 is 15.5 Å². The molecule has 0 radical (unpaired) electrons. The summed E-state index contributed by atoms with van der Waals surface area (Å²) in [5.41, 5.74) is 1.72. The third kappa shape index (κ3) is 3.76. The Labute approximate surface area is 149 Å². The van der Waals surface area contributed by atoms with Gasteiger partial charge in [-0.25, -0.2) is 9.18 Å². The lowest BCUT2D eigenvalue weighted by Gasteiger charge is -2.25. The summed E-state index contributed by atoms with van der Waals surface area (Å²) in [6.45, 7) is 2.36. The van der Waals surface area contributed by atoms with E-state index in [1.54, 1.807) is 36.4 Å². The number of thioether (sulfide) groups is 1. The average molecular weight is 359 g/mol. The topological polar surface area (TPSA) is 61.4 Å². The average Bonchev–Trinajstić information content (AvgIpc) is 2.97. The lowest BCUT2D eigenvalue weighted by atomic mass is 10.1. The van der Waals surface area contributed by atoms with E-state index in [-0.39, 0.29) is 28.8 Å². The molecule has 3 amide bonds. The Balaban J connectivity index is 1.89. The van der Waals surface area contributed by atoms with Crippen LogP contribution in [0.15, 0.2) is 48.5 Å². The van der Waals surface area contributed by atoms with Crippen molar-refractivity contribution >= 4 is 35.1 Å². The zero-order valence-corrected chi connectivity index (χ0v) is 14.5. The van der Waals surface area contributed by atoms with Crippen LogP contribution >= 0.6 is 11.8 Å². The number of urea groups is 1. The molecule has 0 saturated carbocycles. The van der Waals surface area contributed by atoms with Crippen LogP contribution in [0.25, 0.3) is 0 Å². The Morgan fingerprint density at radius 2 is 2.08 bits per heavy atom. The quantitative estimate of drug-likeness (QED) is 0.874. The predicted octanol–water partition coefficient (Wildman–Crippen LogP) is 3.75. The van der Waals surface area contributed by atoms with E-state index in [1.165, 1.54) is 22.7 Å².